The Kier molecular flexibility index (Phi) is 9.32. The first-order chi connectivity index (χ1) is 12.5. The largest absolute Gasteiger partial charge is 0.303 e. The lowest BCUT2D eigenvalue weighted by Crippen LogP contribution is -2.59. The number of ketones is 2. The van der Waals surface area contributed by atoms with E-state index < -0.39 is 11.1 Å². The molecule has 1 heterocycles. The predicted molar refractivity (Wildman–Crippen MR) is 113 cm³/mol. The van der Waals surface area contributed by atoms with E-state index in [1.807, 2.05) is 27.7 Å². The molecule has 0 unspecified atom stereocenters. The Bertz CT molecular complexity index is 530. The number of carbonyl (C=O) groups is 2. The molecule has 0 aromatic heterocycles. The Balaban J connectivity index is 3.07. The van der Waals surface area contributed by atoms with Gasteiger partial charge in [0.15, 0.2) is 11.6 Å². The Hall–Kier alpha value is -1.04. The minimum absolute atomic E-state index is 0.0548. The minimum Gasteiger partial charge on any atom is -0.303 e. The van der Waals surface area contributed by atoms with Gasteiger partial charge in [-0.2, -0.15) is 0 Å². The standard InChI is InChI=1S/C22H41N3O2/c1-17(2)20(27)22(6)12-10-8-9-11-14-25(7)15-13-21(5,24-18(3)4)19(26)16-23-22/h9,11,17-18,23-24H,8,10,12-16H2,1-7H3/b11-9+/t21-,22-/m1/s1. The summed E-state index contributed by atoms with van der Waals surface area (Å²) in [5, 5.41) is 6.81. The van der Waals surface area contributed by atoms with Crippen LogP contribution in [0.3, 0.4) is 0 Å². The van der Waals surface area contributed by atoms with Crippen molar-refractivity contribution in [3.8, 4) is 0 Å². The van der Waals surface area contributed by atoms with E-state index in [4.69, 9.17) is 0 Å². The summed E-state index contributed by atoms with van der Waals surface area (Å²) in [5.41, 5.74) is -1.26. The summed E-state index contributed by atoms with van der Waals surface area (Å²) in [4.78, 5) is 28.2. The lowest BCUT2D eigenvalue weighted by atomic mass is 9.83. The summed E-state index contributed by atoms with van der Waals surface area (Å²) in [6.45, 7) is 13.9. The van der Waals surface area contributed by atoms with E-state index in [0.717, 1.165) is 38.8 Å². The summed E-state index contributed by atoms with van der Waals surface area (Å²) >= 11 is 0. The molecule has 0 radical (unpaired) electrons. The zero-order chi connectivity index (χ0) is 20.7. The van der Waals surface area contributed by atoms with Crippen molar-refractivity contribution in [1.29, 1.82) is 0 Å². The van der Waals surface area contributed by atoms with Gasteiger partial charge in [-0.15, -0.1) is 0 Å². The van der Waals surface area contributed by atoms with E-state index in [1.54, 1.807) is 0 Å². The van der Waals surface area contributed by atoms with Crippen molar-refractivity contribution in [1.82, 2.24) is 15.5 Å². The lowest BCUT2D eigenvalue weighted by Gasteiger charge is -2.36. The summed E-state index contributed by atoms with van der Waals surface area (Å²) in [6, 6.07) is 0.215. The normalized spacial score (nSPS) is 31.1. The lowest BCUT2D eigenvalue weighted by molar-refractivity contribution is -0.129. The van der Waals surface area contributed by atoms with E-state index in [9.17, 15) is 9.59 Å². The molecule has 0 bridgehead atoms. The van der Waals surface area contributed by atoms with Crippen molar-refractivity contribution in [3.63, 3.8) is 0 Å². The van der Waals surface area contributed by atoms with Crippen molar-refractivity contribution < 1.29 is 9.59 Å². The molecule has 0 saturated carbocycles. The Morgan fingerprint density at radius 2 is 1.85 bits per heavy atom. The predicted octanol–water partition coefficient (Wildman–Crippen LogP) is 2.95. The monoisotopic (exact) mass is 379 g/mol. The van der Waals surface area contributed by atoms with Gasteiger partial charge in [-0.3, -0.25) is 14.9 Å². The average Bonchev–Trinajstić information content (AvgIpc) is 2.58. The van der Waals surface area contributed by atoms with Gasteiger partial charge in [0, 0.05) is 25.0 Å². The average molecular weight is 380 g/mol. The number of nitrogens with zero attached hydrogens (tertiary/aromatic N) is 1. The highest BCUT2D eigenvalue weighted by atomic mass is 16.1. The number of rotatable bonds is 4. The summed E-state index contributed by atoms with van der Waals surface area (Å²) in [7, 11) is 2.09. The molecule has 0 amide bonds. The molecule has 2 N–H and O–H groups in total. The van der Waals surface area contributed by atoms with Crippen LogP contribution in [0.2, 0.25) is 0 Å². The second-order valence-electron chi connectivity index (χ2n) is 9.13. The van der Waals surface area contributed by atoms with Crippen LogP contribution in [0.15, 0.2) is 12.2 Å². The second-order valence-corrected chi connectivity index (χ2v) is 9.13. The molecule has 0 spiro atoms. The molecule has 1 rings (SSSR count). The third-order valence-electron chi connectivity index (χ3n) is 5.55. The zero-order valence-electron chi connectivity index (χ0n) is 18.5. The molecule has 0 saturated heterocycles. The topological polar surface area (TPSA) is 61.4 Å². The van der Waals surface area contributed by atoms with Crippen molar-refractivity contribution >= 4 is 11.6 Å². The van der Waals surface area contributed by atoms with Crippen molar-refractivity contribution in [2.75, 3.05) is 26.7 Å². The van der Waals surface area contributed by atoms with Gasteiger partial charge in [-0.1, -0.05) is 26.0 Å². The molecule has 1 aliphatic heterocycles. The van der Waals surface area contributed by atoms with Gasteiger partial charge in [0.1, 0.15) is 0 Å². The number of Topliss-reactive ketones (excluding diaryl/α,β-unsaturated/α-hetero) is 2. The maximum atomic E-state index is 13.2. The first-order valence-electron chi connectivity index (χ1n) is 10.4. The molecular formula is C22H41N3O2. The van der Waals surface area contributed by atoms with Crippen LogP contribution in [0, 0.1) is 5.92 Å². The fourth-order valence-electron chi connectivity index (χ4n) is 3.79. The zero-order valence-corrected chi connectivity index (χ0v) is 18.5. The number of likely N-dealkylation sites (N-methyl/N-ethyl adjacent to an activating group) is 1. The van der Waals surface area contributed by atoms with Crippen molar-refractivity contribution in [2.24, 2.45) is 5.92 Å². The summed E-state index contributed by atoms with van der Waals surface area (Å²) in [5.74, 6) is 0.255. The van der Waals surface area contributed by atoms with Crippen LogP contribution < -0.4 is 10.6 Å². The molecule has 5 heteroatoms. The third-order valence-corrected chi connectivity index (χ3v) is 5.55. The maximum Gasteiger partial charge on any atom is 0.166 e. The van der Waals surface area contributed by atoms with Gasteiger partial charge < -0.3 is 10.2 Å². The number of hydrogen-bond donors (Lipinski definition) is 2. The molecule has 1 aliphatic rings. The molecule has 27 heavy (non-hydrogen) atoms. The van der Waals surface area contributed by atoms with Gasteiger partial charge in [0.2, 0.25) is 0 Å². The van der Waals surface area contributed by atoms with Crippen LogP contribution >= 0.6 is 0 Å². The van der Waals surface area contributed by atoms with Crippen molar-refractivity contribution in [2.45, 2.75) is 84.3 Å². The van der Waals surface area contributed by atoms with Crippen LogP contribution in [0.1, 0.15) is 67.2 Å². The second kappa shape index (κ2) is 10.5. The first-order valence-corrected chi connectivity index (χ1v) is 10.4. The van der Waals surface area contributed by atoms with E-state index in [1.165, 1.54) is 0 Å². The van der Waals surface area contributed by atoms with Crippen LogP contribution in [0.4, 0.5) is 0 Å². The molecule has 0 fully saturated rings. The van der Waals surface area contributed by atoms with Crippen molar-refractivity contribution in [3.05, 3.63) is 12.2 Å². The van der Waals surface area contributed by atoms with Crippen LogP contribution in [0.25, 0.3) is 0 Å². The van der Waals surface area contributed by atoms with E-state index in [-0.39, 0.29) is 30.1 Å². The number of carbonyl (C=O) groups excluding carboxylic acids is 2. The molecule has 0 aromatic rings. The molecular weight excluding hydrogens is 338 g/mol. The molecule has 0 aromatic carbocycles. The van der Waals surface area contributed by atoms with E-state index in [2.05, 4.69) is 48.6 Å². The fourth-order valence-corrected chi connectivity index (χ4v) is 3.79. The van der Waals surface area contributed by atoms with Gasteiger partial charge in [0.05, 0.1) is 17.6 Å². The Morgan fingerprint density at radius 3 is 2.44 bits per heavy atom. The van der Waals surface area contributed by atoms with E-state index in [0.29, 0.717) is 0 Å². The molecule has 0 aliphatic carbocycles. The molecule has 5 nitrogen and oxygen atoms in total. The molecule has 2 atom stereocenters. The Labute approximate surface area is 166 Å². The number of nitrogens with one attached hydrogen (secondary N) is 2. The smallest absolute Gasteiger partial charge is 0.166 e. The fraction of sp³-hybridized carbons (Fsp3) is 0.818. The highest BCUT2D eigenvalue weighted by Crippen LogP contribution is 2.21. The van der Waals surface area contributed by atoms with Crippen LogP contribution in [0.5, 0.6) is 0 Å². The van der Waals surface area contributed by atoms with Gasteiger partial charge in [0.25, 0.3) is 0 Å². The first kappa shape index (κ1) is 24.0. The third kappa shape index (κ3) is 7.47. The summed E-state index contributed by atoms with van der Waals surface area (Å²) < 4.78 is 0. The SMILES string of the molecule is CC(C)N[C@]1(C)CCN(C)C/C=C/CCC[C@](C)(C(=O)C(C)C)NCC1=O. The maximum absolute atomic E-state index is 13.2. The highest BCUT2D eigenvalue weighted by Gasteiger charge is 2.38. The minimum atomic E-state index is -0.655. The quantitative estimate of drug-likeness (QED) is 0.736. The van der Waals surface area contributed by atoms with E-state index >= 15 is 0 Å². The number of hydrogen-bond acceptors (Lipinski definition) is 5. The van der Waals surface area contributed by atoms with Gasteiger partial charge in [-0.25, -0.2) is 0 Å². The Morgan fingerprint density at radius 1 is 1.19 bits per heavy atom. The highest BCUT2D eigenvalue weighted by molar-refractivity contribution is 5.93. The summed E-state index contributed by atoms with van der Waals surface area (Å²) in [6.07, 6.45) is 7.76. The van der Waals surface area contributed by atoms with Crippen LogP contribution in [-0.4, -0.2) is 60.3 Å². The number of allylic oxidation sites excluding steroid dienone is 1. The van der Waals surface area contributed by atoms with Gasteiger partial charge >= 0.3 is 0 Å². The van der Waals surface area contributed by atoms with Crippen LogP contribution in [-0.2, 0) is 9.59 Å². The molecule has 156 valence electrons. The van der Waals surface area contributed by atoms with Gasteiger partial charge in [-0.05, 0) is 60.4 Å².